The van der Waals surface area contributed by atoms with Crippen LogP contribution in [0.5, 0.6) is 0 Å². The Morgan fingerprint density at radius 1 is 1.06 bits per heavy atom. The molecule has 0 unspecified atom stereocenters. The molecule has 0 aliphatic rings. The SMILES string of the molecule is C[SiH](C)OC(CCCCCl)(O[SiH3])O[SiH](C)C. The Hall–Kier alpha value is 0.821. The first kappa shape index (κ1) is 16.8. The van der Waals surface area contributed by atoms with E-state index in [4.69, 9.17) is 24.9 Å². The van der Waals surface area contributed by atoms with Gasteiger partial charge >= 0.3 is 0 Å². The molecule has 16 heavy (non-hydrogen) atoms. The average molecular weight is 301 g/mol. The molecule has 98 valence electrons. The molecule has 0 fully saturated rings. The van der Waals surface area contributed by atoms with Gasteiger partial charge in [0.2, 0.25) is 0 Å². The number of halogens is 1. The highest BCUT2D eigenvalue weighted by atomic mass is 35.5. The Labute approximate surface area is 111 Å². The smallest absolute Gasteiger partial charge is 0.253 e. The van der Waals surface area contributed by atoms with E-state index in [9.17, 15) is 0 Å². The van der Waals surface area contributed by atoms with Crippen LogP contribution in [0.2, 0.25) is 26.2 Å². The first-order valence-corrected chi connectivity index (χ1v) is 12.8. The van der Waals surface area contributed by atoms with Crippen molar-refractivity contribution in [3.05, 3.63) is 0 Å². The maximum absolute atomic E-state index is 5.97. The second-order valence-electron chi connectivity index (χ2n) is 4.37. The van der Waals surface area contributed by atoms with Crippen LogP contribution < -0.4 is 0 Å². The molecule has 0 aromatic rings. The lowest BCUT2D eigenvalue weighted by molar-refractivity contribution is -0.262. The lowest BCUT2D eigenvalue weighted by Gasteiger charge is -2.36. The lowest BCUT2D eigenvalue weighted by Crippen LogP contribution is -2.44. The Bertz CT molecular complexity index is 171. The van der Waals surface area contributed by atoms with Gasteiger partial charge in [-0.1, -0.05) is 0 Å². The van der Waals surface area contributed by atoms with Gasteiger partial charge < -0.3 is 13.3 Å². The third kappa shape index (κ3) is 7.21. The van der Waals surface area contributed by atoms with Crippen molar-refractivity contribution in [1.29, 1.82) is 0 Å². The predicted molar refractivity (Wildman–Crippen MR) is 78.3 cm³/mol. The fraction of sp³-hybridized carbons (Fsp3) is 1.00. The van der Waals surface area contributed by atoms with Gasteiger partial charge in [-0.15, -0.1) is 11.6 Å². The van der Waals surface area contributed by atoms with E-state index < -0.39 is 24.1 Å². The van der Waals surface area contributed by atoms with Gasteiger partial charge in [0.25, 0.3) is 5.97 Å². The molecule has 0 aliphatic heterocycles. The lowest BCUT2D eigenvalue weighted by atomic mass is 10.2. The molecule has 0 aromatic carbocycles. The van der Waals surface area contributed by atoms with Crippen LogP contribution in [0.1, 0.15) is 19.3 Å². The quantitative estimate of drug-likeness (QED) is 0.278. The van der Waals surface area contributed by atoms with E-state index in [0.717, 1.165) is 19.3 Å². The van der Waals surface area contributed by atoms with E-state index in [1.54, 1.807) is 0 Å². The largest absolute Gasteiger partial charge is 0.382 e. The summed E-state index contributed by atoms with van der Waals surface area (Å²) in [4.78, 5) is 0. The fourth-order valence-electron chi connectivity index (χ4n) is 1.50. The Morgan fingerprint density at radius 3 is 1.88 bits per heavy atom. The molecule has 0 saturated heterocycles. The summed E-state index contributed by atoms with van der Waals surface area (Å²) in [6.07, 6.45) is 2.79. The minimum Gasteiger partial charge on any atom is -0.382 e. The highest BCUT2D eigenvalue weighted by Gasteiger charge is 2.32. The second kappa shape index (κ2) is 8.85. The van der Waals surface area contributed by atoms with Crippen LogP contribution in [0.3, 0.4) is 0 Å². The van der Waals surface area contributed by atoms with Crippen LogP contribution in [-0.2, 0) is 13.3 Å². The van der Waals surface area contributed by atoms with Gasteiger partial charge in [-0.25, -0.2) is 0 Å². The number of alkyl halides is 1. The molecule has 0 radical (unpaired) electrons. The van der Waals surface area contributed by atoms with E-state index in [1.807, 2.05) is 0 Å². The summed E-state index contributed by atoms with van der Waals surface area (Å²) in [5.41, 5.74) is 0. The van der Waals surface area contributed by atoms with Crippen molar-refractivity contribution in [2.45, 2.75) is 51.4 Å². The van der Waals surface area contributed by atoms with Gasteiger partial charge in [-0.05, 0) is 39.0 Å². The number of rotatable bonds is 9. The molecule has 0 rings (SSSR count). The number of hydrogen-bond donors (Lipinski definition) is 0. The Morgan fingerprint density at radius 2 is 1.56 bits per heavy atom. The molecule has 7 heteroatoms. The molecule has 0 aliphatic carbocycles. The molecule has 0 N–H and O–H groups in total. The molecule has 0 spiro atoms. The topological polar surface area (TPSA) is 27.7 Å². The van der Waals surface area contributed by atoms with Crippen molar-refractivity contribution in [3.63, 3.8) is 0 Å². The first-order chi connectivity index (χ1) is 7.45. The summed E-state index contributed by atoms with van der Waals surface area (Å²) < 4.78 is 17.6. The van der Waals surface area contributed by atoms with Crippen molar-refractivity contribution in [2.24, 2.45) is 0 Å². The minimum atomic E-state index is -1.16. The van der Waals surface area contributed by atoms with Crippen LogP contribution in [-0.4, -0.2) is 40.4 Å². The monoisotopic (exact) mass is 300 g/mol. The molecule has 0 amide bonds. The van der Waals surface area contributed by atoms with E-state index in [2.05, 4.69) is 26.2 Å². The molecule has 3 nitrogen and oxygen atoms in total. The third-order valence-electron chi connectivity index (χ3n) is 2.01. The molecule has 0 saturated carbocycles. The molecule has 0 heterocycles. The van der Waals surface area contributed by atoms with E-state index in [0.29, 0.717) is 16.4 Å². The normalized spacial score (nSPS) is 12.9. The van der Waals surface area contributed by atoms with Gasteiger partial charge in [0.1, 0.15) is 0 Å². The van der Waals surface area contributed by atoms with E-state index in [-0.39, 0.29) is 0 Å². The summed E-state index contributed by atoms with van der Waals surface area (Å²) in [6, 6.07) is 0. The van der Waals surface area contributed by atoms with Gasteiger partial charge in [0.15, 0.2) is 28.6 Å². The fourth-order valence-corrected chi connectivity index (χ4v) is 4.56. The third-order valence-corrected chi connectivity index (χ3v) is 4.56. The molecule has 0 aromatic heterocycles. The maximum atomic E-state index is 5.97. The van der Waals surface area contributed by atoms with Crippen LogP contribution in [0, 0.1) is 0 Å². The zero-order chi connectivity index (χ0) is 12.6. The van der Waals surface area contributed by atoms with Crippen molar-refractivity contribution in [3.8, 4) is 0 Å². The number of hydrogen-bond acceptors (Lipinski definition) is 3. The highest BCUT2D eigenvalue weighted by molar-refractivity contribution is 6.49. The molecular weight excluding hydrogens is 276 g/mol. The average Bonchev–Trinajstić information content (AvgIpc) is 2.16. The van der Waals surface area contributed by atoms with Crippen LogP contribution in [0.25, 0.3) is 0 Å². The molecule has 0 bridgehead atoms. The maximum Gasteiger partial charge on any atom is 0.253 e. The zero-order valence-electron chi connectivity index (χ0n) is 11.1. The van der Waals surface area contributed by atoms with Gasteiger partial charge in [0.05, 0.1) is 0 Å². The minimum absolute atomic E-state index is 0.637. The van der Waals surface area contributed by atoms with Crippen LogP contribution >= 0.6 is 11.6 Å². The summed E-state index contributed by atoms with van der Waals surface area (Å²) in [5, 5.41) is 0. The second-order valence-corrected chi connectivity index (χ2v) is 9.82. The Balaban J connectivity index is 4.40. The van der Waals surface area contributed by atoms with E-state index in [1.165, 1.54) is 0 Å². The van der Waals surface area contributed by atoms with Crippen molar-refractivity contribution >= 4 is 40.2 Å². The molecule has 0 atom stereocenters. The standard InChI is InChI=1S/C9H25ClO3Si3/c1-15(2)12-9(11-14,13-16(3)4)7-5-6-8-10/h15-16H,5-8H2,1-4,14H3. The van der Waals surface area contributed by atoms with Gasteiger partial charge in [0, 0.05) is 12.3 Å². The summed E-state index contributed by atoms with van der Waals surface area (Å²) in [7, 11) is -1.69. The zero-order valence-corrected chi connectivity index (χ0v) is 16.2. The van der Waals surface area contributed by atoms with Crippen LogP contribution in [0.4, 0.5) is 0 Å². The Kier molecular flexibility index (Phi) is 9.30. The molecular formula is C9H25ClO3Si3. The van der Waals surface area contributed by atoms with Crippen molar-refractivity contribution in [2.75, 3.05) is 5.88 Å². The highest BCUT2D eigenvalue weighted by Crippen LogP contribution is 2.24. The van der Waals surface area contributed by atoms with Gasteiger partial charge in [-0.3, -0.25) is 0 Å². The number of unbranched alkanes of at least 4 members (excludes halogenated alkanes) is 1. The first-order valence-electron chi connectivity index (χ1n) is 5.92. The summed E-state index contributed by atoms with van der Waals surface area (Å²) >= 11 is 5.69. The summed E-state index contributed by atoms with van der Waals surface area (Å²) in [5.74, 6) is -0.0471. The van der Waals surface area contributed by atoms with Gasteiger partial charge in [-0.2, -0.15) is 0 Å². The van der Waals surface area contributed by atoms with E-state index >= 15 is 0 Å². The predicted octanol–water partition coefficient (Wildman–Crippen LogP) is 1.35. The van der Waals surface area contributed by atoms with Crippen molar-refractivity contribution < 1.29 is 13.3 Å². The summed E-state index contributed by atoms with van der Waals surface area (Å²) in [6.45, 7) is 8.56. The van der Waals surface area contributed by atoms with Crippen LogP contribution in [0.15, 0.2) is 0 Å². The van der Waals surface area contributed by atoms with Crippen molar-refractivity contribution in [1.82, 2.24) is 0 Å².